The molecule has 0 spiro atoms. The van der Waals surface area contributed by atoms with Crippen LogP contribution in [0.5, 0.6) is 0 Å². The topological polar surface area (TPSA) is 4.36 Å². The number of hydrogen-bond donors (Lipinski definition) is 0. The Bertz CT molecular complexity index is 355. The minimum atomic E-state index is -4.20. The zero-order valence-corrected chi connectivity index (χ0v) is 12.6. The molecule has 0 aliphatic heterocycles. The number of rotatable bonds is 2. The van der Waals surface area contributed by atoms with Crippen molar-refractivity contribution in [3.63, 3.8) is 0 Å². The SMILES string of the molecule is [C-]#[N+]C1CCC(C2CCC(SC)CC2)CC1C(F)(F)F. The maximum atomic E-state index is 13.1. The van der Waals surface area contributed by atoms with Crippen molar-refractivity contribution in [1.82, 2.24) is 0 Å². The van der Waals surface area contributed by atoms with Crippen LogP contribution in [0.25, 0.3) is 4.85 Å². The zero-order valence-electron chi connectivity index (χ0n) is 11.8. The van der Waals surface area contributed by atoms with E-state index in [-0.39, 0.29) is 12.3 Å². The average Bonchev–Trinajstić information content (AvgIpc) is 2.46. The van der Waals surface area contributed by atoms with E-state index in [1.54, 1.807) is 0 Å². The van der Waals surface area contributed by atoms with E-state index in [0.717, 1.165) is 32.1 Å². The summed E-state index contributed by atoms with van der Waals surface area (Å²) < 4.78 is 39.3. The van der Waals surface area contributed by atoms with Gasteiger partial charge in [-0.15, -0.1) is 0 Å². The smallest absolute Gasteiger partial charge is 0.313 e. The number of hydrogen-bond acceptors (Lipinski definition) is 1. The molecule has 0 saturated heterocycles. The minimum Gasteiger partial charge on any atom is -0.313 e. The molecule has 5 heteroatoms. The van der Waals surface area contributed by atoms with Crippen molar-refractivity contribution < 1.29 is 13.2 Å². The second-order valence-electron chi connectivity index (χ2n) is 6.19. The third-order valence-corrected chi connectivity index (χ3v) is 6.30. The van der Waals surface area contributed by atoms with E-state index in [4.69, 9.17) is 6.57 Å². The van der Waals surface area contributed by atoms with Gasteiger partial charge in [-0.25, -0.2) is 6.57 Å². The molecular weight excluding hydrogens is 283 g/mol. The van der Waals surface area contributed by atoms with Crippen LogP contribution in [-0.2, 0) is 0 Å². The van der Waals surface area contributed by atoms with Gasteiger partial charge in [0.2, 0.25) is 6.04 Å². The van der Waals surface area contributed by atoms with Crippen LogP contribution in [0, 0.1) is 24.3 Å². The van der Waals surface area contributed by atoms with Gasteiger partial charge in [0.05, 0.1) is 0 Å². The Morgan fingerprint density at radius 3 is 2.10 bits per heavy atom. The Labute approximate surface area is 123 Å². The van der Waals surface area contributed by atoms with Crippen LogP contribution in [-0.4, -0.2) is 23.7 Å². The fourth-order valence-corrected chi connectivity index (χ4v) is 4.66. The van der Waals surface area contributed by atoms with Gasteiger partial charge in [-0.05, 0) is 56.6 Å². The maximum Gasteiger partial charge on any atom is 0.399 e. The maximum absolute atomic E-state index is 13.1. The normalized spacial score (nSPS) is 39.2. The summed E-state index contributed by atoms with van der Waals surface area (Å²) in [7, 11) is 0. The molecule has 114 valence electrons. The number of thioether (sulfide) groups is 1. The molecule has 0 aromatic rings. The third-order valence-electron chi connectivity index (χ3n) is 5.16. The Hall–Kier alpha value is -0.370. The number of nitrogens with zero attached hydrogens (tertiary/aromatic N) is 1. The molecular formula is C15H22F3NS. The molecule has 0 heterocycles. The number of halogens is 3. The van der Waals surface area contributed by atoms with Gasteiger partial charge in [0.25, 0.3) is 0 Å². The lowest BCUT2D eigenvalue weighted by molar-refractivity contribution is -0.189. The molecule has 3 unspecified atom stereocenters. The molecule has 20 heavy (non-hydrogen) atoms. The monoisotopic (exact) mass is 305 g/mol. The quantitative estimate of drug-likeness (QED) is 0.636. The summed E-state index contributed by atoms with van der Waals surface area (Å²) in [5.41, 5.74) is 0. The Balaban J connectivity index is 1.96. The van der Waals surface area contributed by atoms with E-state index in [1.807, 2.05) is 11.8 Å². The van der Waals surface area contributed by atoms with Crippen molar-refractivity contribution in [2.75, 3.05) is 6.26 Å². The molecule has 0 aromatic heterocycles. The molecule has 2 fully saturated rings. The highest BCUT2D eigenvalue weighted by Gasteiger charge is 2.52. The first kappa shape index (κ1) is 16.0. The van der Waals surface area contributed by atoms with Crippen molar-refractivity contribution >= 4 is 11.8 Å². The van der Waals surface area contributed by atoms with E-state index in [2.05, 4.69) is 11.1 Å². The highest BCUT2D eigenvalue weighted by Crippen LogP contribution is 2.47. The summed E-state index contributed by atoms with van der Waals surface area (Å²) in [4.78, 5) is 3.23. The van der Waals surface area contributed by atoms with Gasteiger partial charge < -0.3 is 4.85 Å². The molecule has 0 radical (unpaired) electrons. The van der Waals surface area contributed by atoms with Crippen LogP contribution in [0.3, 0.4) is 0 Å². The first-order valence-electron chi connectivity index (χ1n) is 7.41. The van der Waals surface area contributed by atoms with Crippen LogP contribution in [0.4, 0.5) is 13.2 Å². The van der Waals surface area contributed by atoms with E-state index in [0.29, 0.717) is 17.6 Å². The van der Waals surface area contributed by atoms with Crippen LogP contribution in [0.2, 0.25) is 0 Å². The predicted octanol–water partition coefficient (Wildman–Crippen LogP) is 5.17. The van der Waals surface area contributed by atoms with Gasteiger partial charge in [0, 0.05) is 11.7 Å². The van der Waals surface area contributed by atoms with Gasteiger partial charge in [0.15, 0.2) is 0 Å². The van der Waals surface area contributed by atoms with Gasteiger partial charge in [-0.1, -0.05) is 0 Å². The van der Waals surface area contributed by atoms with Crippen molar-refractivity contribution in [3.8, 4) is 0 Å². The summed E-state index contributed by atoms with van der Waals surface area (Å²) in [6.07, 6.45) is 3.78. The molecule has 0 bridgehead atoms. The first-order valence-corrected chi connectivity index (χ1v) is 8.70. The molecule has 0 aromatic carbocycles. The molecule has 0 N–H and O–H groups in total. The van der Waals surface area contributed by atoms with Gasteiger partial charge in [-0.2, -0.15) is 24.9 Å². The molecule has 3 atom stereocenters. The molecule has 2 aliphatic rings. The van der Waals surface area contributed by atoms with Crippen molar-refractivity contribution in [2.24, 2.45) is 17.8 Å². The van der Waals surface area contributed by atoms with E-state index < -0.39 is 18.1 Å². The van der Waals surface area contributed by atoms with Gasteiger partial charge in [0.1, 0.15) is 5.92 Å². The molecule has 0 amide bonds. The van der Waals surface area contributed by atoms with Crippen LogP contribution >= 0.6 is 11.8 Å². The van der Waals surface area contributed by atoms with Gasteiger partial charge >= 0.3 is 6.18 Å². The highest BCUT2D eigenvalue weighted by atomic mass is 32.2. The zero-order chi connectivity index (χ0) is 14.8. The largest absolute Gasteiger partial charge is 0.399 e. The molecule has 2 saturated carbocycles. The van der Waals surface area contributed by atoms with Crippen molar-refractivity contribution in [2.45, 2.75) is 62.4 Å². The fourth-order valence-electron chi connectivity index (χ4n) is 3.92. The van der Waals surface area contributed by atoms with Crippen LogP contribution < -0.4 is 0 Å². The predicted molar refractivity (Wildman–Crippen MR) is 76.5 cm³/mol. The summed E-state index contributed by atoms with van der Waals surface area (Å²) in [6.45, 7) is 6.99. The van der Waals surface area contributed by atoms with E-state index in [1.165, 1.54) is 0 Å². The lowest BCUT2D eigenvalue weighted by Crippen LogP contribution is -2.40. The molecule has 1 nitrogen and oxygen atoms in total. The lowest BCUT2D eigenvalue weighted by Gasteiger charge is -2.38. The molecule has 2 rings (SSSR count). The Morgan fingerprint density at radius 1 is 1.00 bits per heavy atom. The standard InChI is InChI=1S/C15H22F3NS/c1-19-14-8-5-11(9-13(14)15(16,17)18)10-3-6-12(20-2)7-4-10/h10-14H,3-9H2,2H3. The second kappa shape index (κ2) is 6.60. The highest BCUT2D eigenvalue weighted by molar-refractivity contribution is 7.99. The van der Waals surface area contributed by atoms with Crippen molar-refractivity contribution in [3.05, 3.63) is 11.4 Å². The lowest BCUT2D eigenvalue weighted by atomic mass is 9.68. The third kappa shape index (κ3) is 3.63. The second-order valence-corrected chi connectivity index (χ2v) is 7.33. The van der Waals surface area contributed by atoms with E-state index in [9.17, 15) is 13.2 Å². The summed E-state index contributed by atoms with van der Waals surface area (Å²) in [6, 6.07) is -0.839. The summed E-state index contributed by atoms with van der Waals surface area (Å²) >= 11 is 1.88. The Kier molecular flexibility index (Phi) is 5.28. The van der Waals surface area contributed by atoms with Gasteiger partial charge in [-0.3, -0.25) is 0 Å². The van der Waals surface area contributed by atoms with Crippen molar-refractivity contribution in [1.29, 1.82) is 0 Å². The van der Waals surface area contributed by atoms with E-state index >= 15 is 0 Å². The number of alkyl halides is 3. The average molecular weight is 305 g/mol. The summed E-state index contributed by atoms with van der Waals surface area (Å²) in [5, 5.41) is 0.698. The summed E-state index contributed by atoms with van der Waals surface area (Å²) in [5.74, 6) is -0.755. The fraction of sp³-hybridized carbons (Fsp3) is 0.933. The van der Waals surface area contributed by atoms with Crippen LogP contribution in [0.15, 0.2) is 0 Å². The first-order chi connectivity index (χ1) is 9.45. The van der Waals surface area contributed by atoms with Crippen LogP contribution in [0.1, 0.15) is 44.9 Å². The molecule has 2 aliphatic carbocycles. The minimum absolute atomic E-state index is 0.183. The Morgan fingerprint density at radius 2 is 1.60 bits per heavy atom.